The van der Waals surface area contributed by atoms with Crippen molar-refractivity contribution in [2.45, 2.75) is 51.9 Å². The predicted octanol–water partition coefficient (Wildman–Crippen LogP) is 4.09. The van der Waals surface area contributed by atoms with Gasteiger partial charge in [-0.1, -0.05) is 31.2 Å². The maximum absolute atomic E-state index is 6.09. The van der Waals surface area contributed by atoms with Crippen molar-refractivity contribution in [3.63, 3.8) is 0 Å². The van der Waals surface area contributed by atoms with E-state index in [-0.39, 0.29) is 24.4 Å². The van der Waals surface area contributed by atoms with Gasteiger partial charge in [0.1, 0.15) is 0 Å². The summed E-state index contributed by atoms with van der Waals surface area (Å²) < 4.78 is 12.2. The number of rotatable bonds is 4. The molecule has 0 aromatic heterocycles. The Hall–Kier alpha value is -1.92. The first kappa shape index (κ1) is 19.8. The molecular formula is C21H30BN3O2. The van der Waals surface area contributed by atoms with Crippen LogP contribution in [0, 0.1) is 5.92 Å². The van der Waals surface area contributed by atoms with Gasteiger partial charge < -0.3 is 14.2 Å². The van der Waals surface area contributed by atoms with Crippen molar-refractivity contribution in [2.24, 2.45) is 16.1 Å². The van der Waals surface area contributed by atoms with Crippen molar-refractivity contribution >= 4 is 18.3 Å². The minimum atomic E-state index is -0.350. The zero-order valence-electron chi connectivity index (χ0n) is 17.4. The van der Waals surface area contributed by atoms with Crippen LogP contribution in [0.5, 0.6) is 0 Å². The van der Waals surface area contributed by atoms with Gasteiger partial charge in [0.25, 0.3) is 0 Å². The van der Waals surface area contributed by atoms with Crippen LogP contribution in [0.1, 0.15) is 34.6 Å². The van der Waals surface area contributed by atoms with Gasteiger partial charge in [0.05, 0.1) is 22.9 Å². The highest BCUT2D eigenvalue weighted by Crippen LogP contribution is 2.36. The average molecular weight is 367 g/mol. The molecule has 0 bridgehead atoms. The van der Waals surface area contributed by atoms with E-state index in [1.165, 1.54) is 5.70 Å². The van der Waals surface area contributed by atoms with E-state index in [0.29, 0.717) is 5.92 Å². The predicted molar refractivity (Wildman–Crippen MR) is 111 cm³/mol. The van der Waals surface area contributed by atoms with Gasteiger partial charge in [-0.2, -0.15) is 10.2 Å². The summed E-state index contributed by atoms with van der Waals surface area (Å²) in [5.41, 5.74) is 2.37. The molecule has 1 aromatic rings. The molecule has 1 unspecified atom stereocenters. The number of azo groups is 1. The zero-order valence-corrected chi connectivity index (χ0v) is 17.4. The molecule has 0 saturated carbocycles. The van der Waals surface area contributed by atoms with Crippen LogP contribution in [-0.2, 0) is 9.31 Å². The SMILES string of the molecule is C[C@H]1C=C(N(C)C)C=CC1N=Nc1ccc(B2OC(C)(C)C(C)(C)O2)cc1. The molecule has 1 fully saturated rings. The van der Waals surface area contributed by atoms with Crippen LogP contribution in [0.4, 0.5) is 5.69 Å². The lowest BCUT2D eigenvalue weighted by atomic mass is 9.79. The van der Waals surface area contributed by atoms with E-state index in [9.17, 15) is 0 Å². The Morgan fingerprint density at radius 1 is 1.00 bits per heavy atom. The fourth-order valence-corrected chi connectivity index (χ4v) is 3.05. The molecule has 0 radical (unpaired) electrons. The van der Waals surface area contributed by atoms with E-state index >= 15 is 0 Å². The van der Waals surface area contributed by atoms with Gasteiger partial charge in [-0.3, -0.25) is 0 Å². The Kier molecular flexibility index (Phi) is 5.32. The van der Waals surface area contributed by atoms with Crippen molar-refractivity contribution < 1.29 is 9.31 Å². The quantitative estimate of drug-likeness (QED) is 0.595. The van der Waals surface area contributed by atoms with Gasteiger partial charge in [-0.15, -0.1) is 0 Å². The molecule has 0 amide bonds. The fraction of sp³-hybridized carbons (Fsp3) is 0.524. The standard InChI is InChI=1S/C21H30BN3O2/c1-15-14-18(25(6)7)12-13-19(15)24-23-17-10-8-16(9-11-17)22-26-20(2,3)21(4,5)27-22/h8-15,19H,1-7H3/t15-,19?/m0/s1. The highest BCUT2D eigenvalue weighted by molar-refractivity contribution is 6.62. The van der Waals surface area contributed by atoms with Gasteiger partial charge in [0.15, 0.2) is 0 Å². The van der Waals surface area contributed by atoms with Crippen LogP contribution in [-0.4, -0.2) is 43.4 Å². The van der Waals surface area contributed by atoms with Crippen LogP contribution in [0.2, 0.25) is 0 Å². The van der Waals surface area contributed by atoms with Crippen LogP contribution in [0.25, 0.3) is 0 Å². The van der Waals surface area contributed by atoms with Crippen molar-refractivity contribution in [3.8, 4) is 0 Å². The van der Waals surface area contributed by atoms with Gasteiger partial charge in [-0.25, -0.2) is 0 Å². The Balaban J connectivity index is 1.65. The summed E-state index contributed by atoms with van der Waals surface area (Å²) in [6.07, 6.45) is 6.44. The molecule has 1 heterocycles. The second kappa shape index (κ2) is 7.25. The monoisotopic (exact) mass is 367 g/mol. The van der Waals surface area contributed by atoms with E-state index in [4.69, 9.17) is 9.31 Å². The maximum Gasteiger partial charge on any atom is 0.494 e. The summed E-state index contributed by atoms with van der Waals surface area (Å²) in [5.74, 6) is 0.320. The Morgan fingerprint density at radius 3 is 2.11 bits per heavy atom. The number of nitrogens with zero attached hydrogens (tertiary/aromatic N) is 3. The van der Waals surface area contributed by atoms with Crippen molar-refractivity contribution in [2.75, 3.05) is 14.1 Å². The van der Waals surface area contributed by atoms with Crippen LogP contribution in [0.3, 0.4) is 0 Å². The number of likely N-dealkylation sites (N-methyl/N-ethyl adjacent to an activating group) is 1. The number of hydrogen-bond donors (Lipinski definition) is 0. The van der Waals surface area contributed by atoms with E-state index in [0.717, 1.165) is 11.2 Å². The number of allylic oxidation sites excluding steroid dienone is 1. The van der Waals surface area contributed by atoms with Crippen molar-refractivity contribution in [3.05, 3.63) is 48.2 Å². The lowest BCUT2D eigenvalue weighted by Gasteiger charge is -2.32. The first-order chi connectivity index (χ1) is 12.6. The molecule has 144 valence electrons. The summed E-state index contributed by atoms with van der Waals surface area (Å²) >= 11 is 0. The summed E-state index contributed by atoms with van der Waals surface area (Å²) in [6, 6.07) is 7.99. The van der Waals surface area contributed by atoms with Crippen molar-refractivity contribution in [1.82, 2.24) is 4.90 Å². The lowest BCUT2D eigenvalue weighted by Crippen LogP contribution is -2.41. The minimum Gasteiger partial charge on any atom is -0.399 e. The van der Waals surface area contributed by atoms with E-state index < -0.39 is 0 Å². The fourth-order valence-electron chi connectivity index (χ4n) is 3.05. The van der Waals surface area contributed by atoms with Crippen LogP contribution >= 0.6 is 0 Å². The van der Waals surface area contributed by atoms with Crippen LogP contribution < -0.4 is 5.46 Å². The average Bonchev–Trinajstić information content (AvgIpc) is 2.82. The topological polar surface area (TPSA) is 46.4 Å². The third-order valence-electron chi connectivity index (χ3n) is 5.68. The number of hydrogen-bond acceptors (Lipinski definition) is 5. The van der Waals surface area contributed by atoms with E-state index in [2.05, 4.69) is 68.0 Å². The molecule has 0 spiro atoms. The van der Waals surface area contributed by atoms with E-state index in [1.807, 2.05) is 38.4 Å². The first-order valence-corrected chi connectivity index (χ1v) is 9.53. The van der Waals surface area contributed by atoms with E-state index in [1.54, 1.807) is 0 Å². The Labute approximate surface area is 163 Å². The molecule has 0 N–H and O–H groups in total. The molecule has 1 aliphatic carbocycles. The molecule has 27 heavy (non-hydrogen) atoms. The molecule has 5 nitrogen and oxygen atoms in total. The lowest BCUT2D eigenvalue weighted by molar-refractivity contribution is 0.00578. The zero-order chi connectivity index (χ0) is 19.8. The molecule has 2 atom stereocenters. The van der Waals surface area contributed by atoms with Gasteiger partial charge in [-0.05, 0) is 51.4 Å². The molecule has 1 aliphatic heterocycles. The third-order valence-corrected chi connectivity index (χ3v) is 5.68. The van der Waals surface area contributed by atoms with Crippen LogP contribution in [0.15, 0.2) is 58.4 Å². The molecule has 1 aromatic carbocycles. The second-order valence-corrected chi connectivity index (χ2v) is 8.59. The van der Waals surface area contributed by atoms with Gasteiger partial charge >= 0.3 is 7.12 Å². The summed E-state index contributed by atoms with van der Waals surface area (Å²) in [7, 11) is 3.75. The first-order valence-electron chi connectivity index (χ1n) is 9.53. The Bertz CT molecular complexity index is 750. The molecular weight excluding hydrogens is 337 g/mol. The van der Waals surface area contributed by atoms with Crippen molar-refractivity contribution in [1.29, 1.82) is 0 Å². The normalized spacial score (nSPS) is 26.5. The Morgan fingerprint density at radius 2 is 1.59 bits per heavy atom. The summed E-state index contributed by atoms with van der Waals surface area (Å²) in [4.78, 5) is 2.11. The summed E-state index contributed by atoms with van der Waals surface area (Å²) in [5, 5.41) is 8.94. The summed E-state index contributed by atoms with van der Waals surface area (Å²) in [6.45, 7) is 10.4. The highest BCUT2D eigenvalue weighted by Gasteiger charge is 2.51. The minimum absolute atomic E-state index is 0.0662. The van der Waals surface area contributed by atoms with Gasteiger partial charge in [0.2, 0.25) is 0 Å². The van der Waals surface area contributed by atoms with Gasteiger partial charge in [0, 0.05) is 25.7 Å². The molecule has 3 rings (SSSR count). The molecule has 6 heteroatoms. The molecule has 2 aliphatic rings. The molecule has 1 saturated heterocycles. The largest absolute Gasteiger partial charge is 0.494 e. The number of benzene rings is 1. The highest BCUT2D eigenvalue weighted by atomic mass is 16.7. The smallest absolute Gasteiger partial charge is 0.399 e. The maximum atomic E-state index is 6.09. The third kappa shape index (κ3) is 4.17. The second-order valence-electron chi connectivity index (χ2n) is 8.59.